The Labute approximate surface area is 116 Å². The third-order valence-corrected chi connectivity index (χ3v) is 3.23. The fourth-order valence-corrected chi connectivity index (χ4v) is 2.25. The normalized spacial score (nSPS) is 11.3. The Morgan fingerprint density at radius 2 is 1.67 bits per heavy atom. The largest absolute Gasteiger partial charge is 0.369 e. The number of imidazole rings is 1. The molecule has 0 aliphatic rings. The molecule has 21 heavy (non-hydrogen) atoms. The smallest absolute Gasteiger partial charge is 0.206 e. The molecule has 0 radical (unpaired) electrons. The van der Waals surface area contributed by atoms with E-state index in [1.807, 2.05) is 0 Å². The zero-order valence-corrected chi connectivity index (χ0v) is 10.8. The van der Waals surface area contributed by atoms with E-state index in [4.69, 9.17) is 5.73 Å². The van der Waals surface area contributed by atoms with Gasteiger partial charge in [0.1, 0.15) is 5.69 Å². The van der Waals surface area contributed by atoms with Crippen molar-refractivity contribution in [1.82, 2.24) is 9.55 Å². The van der Waals surface area contributed by atoms with Crippen molar-refractivity contribution in [2.75, 3.05) is 5.73 Å². The number of para-hydroxylation sites is 1. The number of anilines is 1. The van der Waals surface area contributed by atoms with Gasteiger partial charge in [-0.25, -0.2) is 22.5 Å². The van der Waals surface area contributed by atoms with Crippen LogP contribution < -0.4 is 5.73 Å². The van der Waals surface area contributed by atoms with Crippen LogP contribution in [0.25, 0.3) is 16.7 Å². The van der Waals surface area contributed by atoms with E-state index in [-0.39, 0.29) is 17.5 Å². The van der Waals surface area contributed by atoms with Crippen molar-refractivity contribution in [3.05, 3.63) is 53.1 Å². The van der Waals surface area contributed by atoms with Crippen molar-refractivity contribution in [2.24, 2.45) is 0 Å². The van der Waals surface area contributed by atoms with Crippen LogP contribution in [0, 0.1) is 30.2 Å². The van der Waals surface area contributed by atoms with E-state index < -0.39 is 29.0 Å². The topological polar surface area (TPSA) is 43.8 Å². The van der Waals surface area contributed by atoms with E-state index >= 15 is 0 Å². The van der Waals surface area contributed by atoms with Gasteiger partial charge in [0.25, 0.3) is 0 Å². The number of rotatable bonds is 1. The Kier molecular flexibility index (Phi) is 2.86. The van der Waals surface area contributed by atoms with Crippen LogP contribution in [0.2, 0.25) is 0 Å². The van der Waals surface area contributed by atoms with E-state index in [9.17, 15) is 17.6 Å². The average molecular weight is 295 g/mol. The summed E-state index contributed by atoms with van der Waals surface area (Å²) in [4.78, 5) is 3.99. The molecule has 3 rings (SSSR count). The molecule has 1 aromatic heterocycles. The molecular formula is C14H9F4N3. The van der Waals surface area contributed by atoms with Gasteiger partial charge in [-0.1, -0.05) is 12.1 Å². The van der Waals surface area contributed by atoms with Crippen LogP contribution in [0.3, 0.4) is 0 Å². The molecule has 1 heterocycles. The maximum Gasteiger partial charge on any atom is 0.206 e. The lowest BCUT2D eigenvalue weighted by molar-refractivity contribution is 0.449. The van der Waals surface area contributed by atoms with Gasteiger partial charge in [-0.3, -0.25) is 4.57 Å². The number of aryl methyl sites for hydroxylation is 1. The molecule has 0 saturated heterocycles. The number of fused-ring (bicyclic) bond motifs is 1. The van der Waals surface area contributed by atoms with E-state index in [1.165, 1.54) is 6.07 Å². The highest BCUT2D eigenvalue weighted by Gasteiger charge is 2.24. The van der Waals surface area contributed by atoms with Gasteiger partial charge in [0.05, 0.1) is 11.0 Å². The van der Waals surface area contributed by atoms with Crippen molar-refractivity contribution in [3.8, 4) is 5.69 Å². The van der Waals surface area contributed by atoms with E-state index in [0.717, 1.165) is 10.1 Å². The minimum atomic E-state index is -1.53. The quantitative estimate of drug-likeness (QED) is 0.552. The first kappa shape index (κ1) is 13.4. The zero-order valence-electron chi connectivity index (χ0n) is 10.8. The fourth-order valence-electron chi connectivity index (χ4n) is 2.25. The van der Waals surface area contributed by atoms with Crippen molar-refractivity contribution >= 4 is 17.0 Å². The van der Waals surface area contributed by atoms with Crippen LogP contribution in [0.5, 0.6) is 0 Å². The summed E-state index contributed by atoms with van der Waals surface area (Å²) in [7, 11) is 0. The molecular weight excluding hydrogens is 286 g/mol. The lowest BCUT2D eigenvalue weighted by atomic mass is 10.2. The summed E-state index contributed by atoms with van der Waals surface area (Å²) in [6, 6.07) is 5.01. The minimum Gasteiger partial charge on any atom is -0.369 e. The van der Waals surface area contributed by atoms with Crippen molar-refractivity contribution in [2.45, 2.75) is 6.92 Å². The summed E-state index contributed by atoms with van der Waals surface area (Å²) in [5.41, 5.74) is 6.13. The van der Waals surface area contributed by atoms with Gasteiger partial charge in [-0.15, -0.1) is 0 Å². The molecule has 0 fully saturated rings. The molecule has 0 amide bonds. The van der Waals surface area contributed by atoms with Crippen LogP contribution in [0.4, 0.5) is 23.5 Å². The number of aromatic nitrogens is 2. The van der Waals surface area contributed by atoms with Crippen molar-refractivity contribution in [3.63, 3.8) is 0 Å². The van der Waals surface area contributed by atoms with E-state index in [1.54, 1.807) is 19.1 Å². The number of nitrogens with two attached hydrogens (primary N) is 1. The molecule has 0 saturated carbocycles. The molecule has 0 bridgehead atoms. The van der Waals surface area contributed by atoms with Crippen LogP contribution >= 0.6 is 0 Å². The molecule has 7 heteroatoms. The van der Waals surface area contributed by atoms with Crippen LogP contribution in [0.15, 0.2) is 24.3 Å². The van der Waals surface area contributed by atoms with Crippen molar-refractivity contribution < 1.29 is 17.6 Å². The predicted octanol–water partition coefficient (Wildman–Crippen LogP) is 3.47. The highest BCUT2D eigenvalue weighted by molar-refractivity contribution is 5.83. The monoisotopic (exact) mass is 295 g/mol. The first-order valence-electron chi connectivity index (χ1n) is 5.98. The number of hydrogen-bond acceptors (Lipinski definition) is 2. The molecule has 2 aromatic carbocycles. The summed E-state index contributed by atoms with van der Waals surface area (Å²) in [5, 5.41) is 0. The Bertz CT molecular complexity index is 844. The predicted molar refractivity (Wildman–Crippen MR) is 70.1 cm³/mol. The van der Waals surface area contributed by atoms with Crippen LogP contribution in [-0.4, -0.2) is 9.55 Å². The summed E-state index contributed by atoms with van der Waals surface area (Å²) >= 11 is 0. The number of hydrogen-bond donors (Lipinski definition) is 1. The molecule has 0 atom stereocenters. The number of halogens is 4. The maximum absolute atomic E-state index is 13.9. The Morgan fingerprint density at radius 3 is 2.29 bits per heavy atom. The number of nitrogens with zero attached hydrogens (tertiary/aromatic N) is 2. The molecule has 0 aliphatic carbocycles. The lowest BCUT2D eigenvalue weighted by Crippen LogP contribution is -2.09. The Balaban J connectivity index is 2.47. The summed E-state index contributed by atoms with van der Waals surface area (Å²) < 4.78 is 55.5. The number of benzene rings is 2. The van der Waals surface area contributed by atoms with Gasteiger partial charge in [0.15, 0.2) is 23.3 Å². The van der Waals surface area contributed by atoms with Gasteiger partial charge >= 0.3 is 0 Å². The second kappa shape index (κ2) is 4.47. The van der Waals surface area contributed by atoms with Gasteiger partial charge in [0, 0.05) is 6.07 Å². The molecule has 3 aromatic rings. The minimum absolute atomic E-state index is 0.148. The molecule has 0 aliphatic heterocycles. The first-order valence-corrected chi connectivity index (χ1v) is 5.98. The van der Waals surface area contributed by atoms with E-state index in [2.05, 4.69) is 4.98 Å². The fraction of sp³-hybridized carbons (Fsp3) is 0.0714. The standard InChI is InChI=1S/C14H9F4N3/c1-6-3-2-4-9-12(6)20-14(19)21(9)13-10(17)7(15)5-8(16)11(13)18/h2-5H,1H3,(H2,19,20). The van der Waals surface area contributed by atoms with Crippen LogP contribution in [0.1, 0.15) is 5.56 Å². The van der Waals surface area contributed by atoms with Gasteiger partial charge in [-0.05, 0) is 18.6 Å². The lowest BCUT2D eigenvalue weighted by Gasteiger charge is -2.10. The second-order valence-electron chi connectivity index (χ2n) is 4.56. The molecule has 108 valence electrons. The molecule has 0 spiro atoms. The van der Waals surface area contributed by atoms with Crippen molar-refractivity contribution in [1.29, 1.82) is 0 Å². The molecule has 0 unspecified atom stereocenters. The highest BCUT2D eigenvalue weighted by atomic mass is 19.2. The summed E-state index contributed by atoms with van der Waals surface area (Å²) in [6.45, 7) is 1.73. The molecule has 3 nitrogen and oxygen atoms in total. The third kappa shape index (κ3) is 1.84. The maximum atomic E-state index is 13.9. The Morgan fingerprint density at radius 1 is 1.05 bits per heavy atom. The van der Waals surface area contributed by atoms with Gasteiger partial charge in [0.2, 0.25) is 5.95 Å². The van der Waals surface area contributed by atoms with Crippen LogP contribution in [-0.2, 0) is 0 Å². The average Bonchev–Trinajstić information content (AvgIpc) is 2.76. The highest BCUT2D eigenvalue weighted by Crippen LogP contribution is 2.30. The SMILES string of the molecule is Cc1cccc2c1nc(N)n2-c1c(F)c(F)cc(F)c1F. The second-order valence-corrected chi connectivity index (χ2v) is 4.56. The number of nitrogen functional groups attached to an aromatic ring is 1. The Hall–Kier alpha value is -2.57. The zero-order chi connectivity index (χ0) is 15.3. The van der Waals surface area contributed by atoms with Gasteiger partial charge < -0.3 is 5.73 Å². The first-order chi connectivity index (χ1) is 9.91. The molecule has 2 N–H and O–H groups in total. The van der Waals surface area contributed by atoms with E-state index in [0.29, 0.717) is 5.52 Å². The van der Waals surface area contributed by atoms with Gasteiger partial charge in [-0.2, -0.15) is 0 Å². The third-order valence-electron chi connectivity index (χ3n) is 3.23. The summed E-state index contributed by atoms with van der Waals surface area (Å²) in [5.74, 6) is -6.32. The summed E-state index contributed by atoms with van der Waals surface area (Å²) in [6.07, 6.45) is 0.